The number of rotatable bonds is 5. The van der Waals surface area contributed by atoms with Gasteiger partial charge in [0.15, 0.2) is 11.6 Å². The van der Waals surface area contributed by atoms with E-state index in [0.29, 0.717) is 5.02 Å². The van der Waals surface area contributed by atoms with E-state index in [1.165, 1.54) is 19.2 Å². The molecule has 0 amide bonds. The molecule has 0 heterocycles. The van der Waals surface area contributed by atoms with Crippen molar-refractivity contribution in [1.29, 1.82) is 0 Å². The predicted octanol–water partition coefficient (Wildman–Crippen LogP) is 2.35. The lowest BCUT2D eigenvalue weighted by Gasteiger charge is -2.14. The van der Waals surface area contributed by atoms with Crippen LogP contribution in [0.1, 0.15) is 24.4 Å². The molecule has 1 unspecified atom stereocenters. The molecule has 0 aromatic heterocycles. The normalized spacial score (nSPS) is 12.2. The Kier molecular flexibility index (Phi) is 4.72. The zero-order valence-electron chi connectivity index (χ0n) is 9.24. The van der Waals surface area contributed by atoms with E-state index in [-0.39, 0.29) is 24.2 Å². The van der Waals surface area contributed by atoms with Crippen LogP contribution in [0.5, 0.6) is 5.75 Å². The van der Waals surface area contributed by atoms with Gasteiger partial charge in [-0.05, 0) is 12.5 Å². The van der Waals surface area contributed by atoms with Gasteiger partial charge >= 0.3 is 5.97 Å². The Labute approximate surface area is 103 Å². The van der Waals surface area contributed by atoms with Crippen LogP contribution in [0.25, 0.3) is 0 Å². The highest BCUT2D eigenvalue weighted by molar-refractivity contribution is 6.30. The van der Waals surface area contributed by atoms with E-state index in [2.05, 4.69) is 0 Å². The summed E-state index contributed by atoms with van der Waals surface area (Å²) in [6, 6.07) is 2.00. The van der Waals surface area contributed by atoms with Crippen molar-refractivity contribution in [3.63, 3.8) is 0 Å². The molecule has 0 spiro atoms. The van der Waals surface area contributed by atoms with Crippen LogP contribution in [0.4, 0.5) is 4.39 Å². The van der Waals surface area contributed by atoms with Crippen LogP contribution in [0.2, 0.25) is 5.02 Å². The number of carboxylic acid groups (broad SMARTS) is 1. The van der Waals surface area contributed by atoms with E-state index < -0.39 is 17.8 Å². The number of ether oxygens (including phenoxy) is 1. The van der Waals surface area contributed by atoms with Crippen LogP contribution in [-0.2, 0) is 4.79 Å². The Bertz CT molecular complexity index is 425. The smallest absolute Gasteiger partial charge is 0.303 e. The average Bonchev–Trinajstić information content (AvgIpc) is 2.28. The fourth-order valence-corrected chi connectivity index (χ4v) is 1.65. The Balaban J connectivity index is 2.96. The van der Waals surface area contributed by atoms with E-state index in [4.69, 9.17) is 27.2 Å². The minimum atomic E-state index is -0.977. The van der Waals surface area contributed by atoms with Crippen molar-refractivity contribution in [1.82, 2.24) is 0 Å². The third-order valence-electron chi connectivity index (χ3n) is 2.32. The van der Waals surface area contributed by atoms with Gasteiger partial charge in [0.1, 0.15) is 0 Å². The number of aliphatic carboxylic acids is 1. The summed E-state index contributed by atoms with van der Waals surface area (Å²) in [5, 5.41) is 8.83. The van der Waals surface area contributed by atoms with Crippen molar-refractivity contribution in [2.45, 2.75) is 18.9 Å². The molecule has 17 heavy (non-hydrogen) atoms. The largest absolute Gasteiger partial charge is 0.494 e. The Morgan fingerprint density at radius 2 is 2.29 bits per heavy atom. The van der Waals surface area contributed by atoms with E-state index in [9.17, 15) is 9.18 Å². The standard InChI is InChI=1S/C11H13ClFNO3/c1-17-9-5-6(12)4-7(11(9)13)8(14)2-3-10(15)16/h4-5,8H,2-3,14H2,1H3,(H,15,16). The van der Waals surface area contributed by atoms with Crippen LogP contribution >= 0.6 is 11.6 Å². The highest BCUT2D eigenvalue weighted by Gasteiger charge is 2.17. The first-order valence-corrected chi connectivity index (χ1v) is 5.33. The molecule has 4 nitrogen and oxygen atoms in total. The molecule has 1 aromatic rings. The number of hydrogen-bond donors (Lipinski definition) is 2. The van der Waals surface area contributed by atoms with Crippen LogP contribution in [0, 0.1) is 5.82 Å². The lowest BCUT2D eigenvalue weighted by atomic mass is 10.0. The minimum absolute atomic E-state index is 0.00160. The first-order chi connectivity index (χ1) is 7.95. The monoisotopic (exact) mass is 261 g/mol. The Morgan fingerprint density at radius 3 is 2.82 bits per heavy atom. The number of hydrogen-bond acceptors (Lipinski definition) is 3. The van der Waals surface area contributed by atoms with Gasteiger partial charge in [0.05, 0.1) is 7.11 Å². The molecule has 1 rings (SSSR count). The molecular formula is C11H13ClFNO3. The summed E-state index contributed by atoms with van der Waals surface area (Å²) in [7, 11) is 1.32. The van der Waals surface area contributed by atoms with Gasteiger partial charge in [-0.1, -0.05) is 11.6 Å². The van der Waals surface area contributed by atoms with Gasteiger partial charge in [-0.15, -0.1) is 0 Å². The average molecular weight is 262 g/mol. The highest BCUT2D eigenvalue weighted by Crippen LogP contribution is 2.30. The molecule has 0 aliphatic carbocycles. The maximum atomic E-state index is 13.8. The third kappa shape index (κ3) is 3.57. The van der Waals surface area contributed by atoms with E-state index in [1.807, 2.05) is 0 Å². The number of carbonyl (C=O) groups is 1. The van der Waals surface area contributed by atoms with Crippen molar-refractivity contribution in [3.8, 4) is 5.75 Å². The number of benzene rings is 1. The topological polar surface area (TPSA) is 72.5 Å². The number of halogens is 2. The van der Waals surface area contributed by atoms with Crippen LogP contribution in [-0.4, -0.2) is 18.2 Å². The van der Waals surface area contributed by atoms with E-state index in [1.54, 1.807) is 0 Å². The number of nitrogens with two attached hydrogens (primary N) is 1. The lowest BCUT2D eigenvalue weighted by Crippen LogP contribution is -2.14. The van der Waals surface area contributed by atoms with Gasteiger partial charge < -0.3 is 15.6 Å². The molecule has 0 radical (unpaired) electrons. The Morgan fingerprint density at radius 1 is 1.65 bits per heavy atom. The van der Waals surface area contributed by atoms with Crippen molar-refractivity contribution < 1.29 is 19.0 Å². The molecule has 0 saturated heterocycles. The molecule has 0 bridgehead atoms. The number of carboxylic acids is 1. The van der Waals surface area contributed by atoms with Crippen molar-refractivity contribution in [2.24, 2.45) is 5.73 Å². The van der Waals surface area contributed by atoms with E-state index >= 15 is 0 Å². The summed E-state index contributed by atoms with van der Waals surface area (Å²) < 4.78 is 18.6. The summed E-state index contributed by atoms with van der Waals surface area (Å²) in [6.07, 6.45) is 0.00514. The van der Waals surface area contributed by atoms with Gasteiger partial charge in [0, 0.05) is 29.1 Å². The fraction of sp³-hybridized carbons (Fsp3) is 0.364. The maximum Gasteiger partial charge on any atom is 0.303 e. The quantitative estimate of drug-likeness (QED) is 0.853. The first-order valence-electron chi connectivity index (χ1n) is 4.96. The zero-order valence-corrected chi connectivity index (χ0v) is 10.00. The van der Waals surface area contributed by atoms with Gasteiger partial charge in [-0.3, -0.25) is 4.79 Å². The summed E-state index contributed by atoms with van der Waals surface area (Å²) in [5.41, 5.74) is 5.88. The molecule has 0 saturated carbocycles. The van der Waals surface area contributed by atoms with Crippen molar-refractivity contribution >= 4 is 17.6 Å². The summed E-state index contributed by atoms with van der Waals surface area (Å²) in [4.78, 5) is 10.4. The second kappa shape index (κ2) is 5.84. The van der Waals surface area contributed by atoms with Gasteiger partial charge in [0.2, 0.25) is 0 Å². The summed E-state index contributed by atoms with van der Waals surface area (Å²) in [5.74, 6) is -1.58. The molecule has 6 heteroatoms. The van der Waals surface area contributed by atoms with Crippen molar-refractivity contribution in [2.75, 3.05) is 7.11 Å². The second-order valence-corrected chi connectivity index (χ2v) is 3.99. The van der Waals surface area contributed by atoms with Gasteiger partial charge in [-0.2, -0.15) is 0 Å². The maximum absolute atomic E-state index is 13.8. The molecular weight excluding hydrogens is 249 g/mol. The molecule has 0 aliphatic rings. The van der Waals surface area contributed by atoms with Gasteiger partial charge in [-0.25, -0.2) is 4.39 Å². The molecule has 1 atom stereocenters. The summed E-state index contributed by atoms with van der Waals surface area (Å²) >= 11 is 5.79. The summed E-state index contributed by atoms with van der Waals surface area (Å²) in [6.45, 7) is 0. The van der Waals surface area contributed by atoms with Gasteiger partial charge in [0.25, 0.3) is 0 Å². The molecule has 1 aromatic carbocycles. The first kappa shape index (κ1) is 13.7. The molecule has 94 valence electrons. The Hall–Kier alpha value is -1.33. The minimum Gasteiger partial charge on any atom is -0.494 e. The molecule has 3 N–H and O–H groups in total. The zero-order chi connectivity index (χ0) is 13.0. The van der Waals surface area contributed by atoms with E-state index in [0.717, 1.165) is 0 Å². The highest BCUT2D eigenvalue weighted by atomic mass is 35.5. The lowest BCUT2D eigenvalue weighted by molar-refractivity contribution is -0.137. The van der Waals surface area contributed by atoms with Crippen molar-refractivity contribution in [3.05, 3.63) is 28.5 Å². The number of methoxy groups -OCH3 is 1. The predicted molar refractivity (Wildman–Crippen MR) is 61.8 cm³/mol. The fourth-order valence-electron chi connectivity index (χ4n) is 1.44. The second-order valence-electron chi connectivity index (χ2n) is 3.55. The molecule has 0 fully saturated rings. The molecule has 0 aliphatic heterocycles. The van der Waals surface area contributed by atoms with Crippen LogP contribution in [0.3, 0.4) is 0 Å². The van der Waals surface area contributed by atoms with Crippen LogP contribution < -0.4 is 10.5 Å². The third-order valence-corrected chi connectivity index (χ3v) is 2.54. The van der Waals surface area contributed by atoms with Crippen LogP contribution in [0.15, 0.2) is 12.1 Å². The SMILES string of the molecule is COc1cc(Cl)cc(C(N)CCC(=O)O)c1F.